The van der Waals surface area contributed by atoms with Gasteiger partial charge in [-0.1, -0.05) is 20.8 Å². The number of rotatable bonds is 6. The lowest BCUT2D eigenvalue weighted by atomic mass is 9.94. The summed E-state index contributed by atoms with van der Waals surface area (Å²) in [7, 11) is 0. The molecule has 2 N–H and O–H groups in total. The summed E-state index contributed by atoms with van der Waals surface area (Å²) in [5, 5.41) is 13.9. The van der Waals surface area contributed by atoms with Crippen molar-refractivity contribution in [1.29, 1.82) is 0 Å². The maximum Gasteiger partial charge on any atom is 0.0746 e. The van der Waals surface area contributed by atoms with Crippen molar-refractivity contribution >= 4 is 0 Å². The molecular formula is C15H32N2O. The van der Waals surface area contributed by atoms with Crippen molar-refractivity contribution in [2.45, 2.75) is 65.0 Å². The SMILES string of the molecule is CCN1CCCC(NCC(C)(O)CC(C)C)CC1. The third-order valence-corrected chi connectivity index (χ3v) is 3.89. The molecule has 1 heterocycles. The van der Waals surface area contributed by atoms with Crippen molar-refractivity contribution in [3.05, 3.63) is 0 Å². The molecule has 0 aromatic rings. The van der Waals surface area contributed by atoms with Crippen LogP contribution in [0.4, 0.5) is 0 Å². The van der Waals surface area contributed by atoms with Crippen LogP contribution in [0.3, 0.4) is 0 Å². The molecule has 0 aliphatic carbocycles. The average Bonchev–Trinajstić information content (AvgIpc) is 2.49. The Balaban J connectivity index is 2.30. The maximum atomic E-state index is 10.3. The first kappa shape index (κ1) is 15.9. The van der Waals surface area contributed by atoms with E-state index in [-0.39, 0.29) is 0 Å². The zero-order chi connectivity index (χ0) is 13.6. The molecule has 0 saturated carbocycles. The van der Waals surface area contributed by atoms with Gasteiger partial charge in [0.1, 0.15) is 0 Å². The van der Waals surface area contributed by atoms with Crippen molar-refractivity contribution in [3.63, 3.8) is 0 Å². The number of hydrogen-bond acceptors (Lipinski definition) is 3. The molecule has 3 nitrogen and oxygen atoms in total. The Bertz CT molecular complexity index is 229. The lowest BCUT2D eigenvalue weighted by Gasteiger charge is -2.28. The summed E-state index contributed by atoms with van der Waals surface area (Å²) in [4.78, 5) is 2.52. The van der Waals surface area contributed by atoms with Gasteiger partial charge in [0.2, 0.25) is 0 Å². The van der Waals surface area contributed by atoms with Crippen LogP contribution in [0.2, 0.25) is 0 Å². The van der Waals surface area contributed by atoms with E-state index in [9.17, 15) is 5.11 Å². The Labute approximate surface area is 113 Å². The second kappa shape index (κ2) is 7.46. The summed E-state index contributed by atoms with van der Waals surface area (Å²) in [6, 6.07) is 0.584. The van der Waals surface area contributed by atoms with E-state index in [4.69, 9.17) is 0 Å². The van der Waals surface area contributed by atoms with Crippen LogP contribution in [0.25, 0.3) is 0 Å². The van der Waals surface area contributed by atoms with E-state index < -0.39 is 5.60 Å². The quantitative estimate of drug-likeness (QED) is 0.765. The van der Waals surface area contributed by atoms with Gasteiger partial charge in [0.25, 0.3) is 0 Å². The third-order valence-electron chi connectivity index (χ3n) is 3.89. The largest absolute Gasteiger partial charge is 0.389 e. The Hall–Kier alpha value is -0.120. The Morgan fingerprint density at radius 2 is 2.06 bits per heavy atom. The smallest absolute Gasteiger partial charge is 0.0746 e. The number of likely N-dealkylation sites (tertiary alicyclic amines) is 1. The van der Waals surface area contributed by atoms with Crippen LogP contribution < -0.4 is 5.32 Å². The van der Waals surface area contributed by atoms with E-state index in [0.29, 0.717) is 12.0 Å². The van der Waals surface area contributed by atoms with Crippen LogP contribution in [0.15, 0.2) is 0 Å². The molecule has 0 aromatic carbocycles. The first-order valence-electron chi connectivity index (χ1n) is 7.61. The van der Waals surface area contributed by atoms with Gasteiger partial charge < -0.3 is 15.3 Å². The van der Waals surface area contributed by atoms with E-state index >= 15 is 0 Å². The fraction of sp³-hybridized carbons (Fsp3) is 1.00. The summed E-state index contributed by atoms with van der Waals surface area (Å²) in [6.45, 7) is 12.8. The van der Waals surface area contributed by atoms with Gasteiger partial charge in [-0.15, -0.1) is 0 Å². The predicted octanol–water partition coefficient (Wildman–Crippen LogP) is 2.25. The van der Waals surface area contributed by atoms with Crippen LogP contribution in [0.1, 0.15) is 53.4 Å². The highest BCUT2D eigenvalue weighted by Gasteiger charge is 2.24. The van der Waals surface area contributed by atoms with Gasteiger partial charge in [-0.3, -0.25) is 0 Å². The molecule has 0 radical (unpaired) electrons. The summed E-state index contributed by atoms with van der Waals surface area (Å²) in [5.74, 6) is 0.548. The third kappa shape index (κ3) is 6.17. The minimum Gasteiger partial charge on any atom is -0.389 e. The number of aliphatic hydroxyl groups is 1. The second-order valence-electron chi connectivity index (χ2n) is 6.54. The highest BCUT2D eigenvalue weighted by molar-refractivity contribution is 4.81. The average molecular weight is 256 g/mol. The van der Waals surface area contributed by atoms with E-state index in [1.807, 2.05) is 6.92 Å². The molecule has 1 aliphatic rings. The molecule has 18 heavy (non-hydrogen) atoms. The molecule has 1 aliphatic heterocycles. The summed E-state index contributed by atoms with van der Waals surface area (Å²) >= 11 is 0. The number of nitrogens with zero attached hydrogens (tertiary/aromatic N) is 1. The zero-order valence-corrected chi connectivity index (χ0v) is 12.7. The predicted molar refractivity (Wildman–Crippen MR) is 77.8 cm³/mol. The highest BCUT2D eigenvalue weighted by atomic mass is 16.3. The van der Waals surface area contributed by atoms with Crippen molar-refractivity contribution in [2.75, 3.05) is 26.2 Å². The fourth-order valence-corrected chi connectivity index (χ4v) is 2.99. The molecule has 0 bridgehead atoms. The van der Waals surface area contributed by atoms with Gasteiger partial charge in [-0.25, -0.2) is 0 Å². The van der Waals surface area contributed by atoms with Crippen molar-refractivity contribution in [2.24, 2.45) is 5.92 Å². The molecule has 1 saturated heterocycles. The van der Waals surface area contributed by atoms with Gasteiger partial charge >= 0.3 is 0 Å². The van der Waals surface area contributed by atoms with Gasteiger partial charge in [0, 0.05) is 12.6 Å². The first-order chi connectivity index (χ1) is 8.43. The molecule has 108 valence electrons. The van der Waals surface area contributed by atoms with Crippen LogP contribution >= 0.6 is 0 Å². The molecule has 3 heteroatoms. The molecule has 0 spiro atoms. The Kier molecular flexibility index (Phi) is 6.61. The second-order valence-corrected chi connectivity index (χ2v) is 6.54. The molecular weight excluding hydrogens is 224 g/mol. The Morgan fingerprint density at radius 1 is 1.33 bits per heavy atom. The first-order valence-corrected chi connectivity index (χ1v) is 7.61. The zero-order valence-electron chi connectivity index (χ0n) is 12.7. The molecule has 1 fully saturated rings. The lowest BCUT2D eigenvalue weighted by molar-refractivity contribution is 0.0354. The van der Waals surface area contributed by atoms with Crippen LogP contribution in [-0.4, -0.2) is 47.8 Å². The Morgan fingerprint density at radius 3 is 2.67 bits per heavy atom. The number of nitrogens with one attached hydrogen (secondary N) is 1. The van der Waals surface area contributed by atoms with E-state index in [2.05, 4.69) is 31.0 Å². The molecule has 1 rings (SSSR count). The van der Waals surface area contributed by atoms with Crippen LogP contribution in [-0.2, 0) is 0 Å². The summed E-state index contributed by atoms with van der Waals surface area (Å²) in [6.07, 6.45) is 4.60. The lowest BCUT2D eigenvalue weighted by Crippen LogP contribution is -2.43. The molecule has 0 amide bonds. The number of hydrogen-bond donors (Lipinski definition) is 2. The summed E-state index contributed by atoms with van der Waals surface area (Å²) in [5.41, 5.74) is -0.565. The fourth-order valence-electron chi connectivity index (χ4n) is 2.99. The monoisotopic (exact) mass is 256 g/mol. The van der Waals surface area contributed by atoms with Crippen molar-refractivity contribution in [3.8, 4) is 0 Å². The minimum absolute atomic E-state index is 0.548. The van der Waals surface area contributed by atoms with E-state index in [0.717, 1.165) is 19.5 Å². The van der Waals surface area contributed by atoms with Gasteiger partial charge in [0.15, 0.2) is 0 Å². The molecule has 2 unspecified atom stereocenters. The van der Waals surface area contributed by atoms with Crippen molar-refractivity contribution < 1.29 is 5.11 Å². The highest BCUT2D eigenvalue weighted by Crippen LogP contribution is 2.17. The van der Waals surface area contributed by atoms with Crippen LogP contribution in [0, 0.1) is 5.92 Å². The van der Waals surface area contributed by atoms with Crippen LogP contribution in [0.5, 0.6) is 0 Å². The molecule has 2 atom stereocenters. The summed E-state index contributed by atoms with van der Waals surface area (Å²) < 4.78 is 0. The van der Waals surface area contributed by atoms with Gasteiger partial charge in [-0.05, 0) is 58.2 Å². The van der Waals surface area contributed by atoms with E-state index in [1.54, 1.807) is 0 Å². The molecule has 0 aromatic heterocycles. The van der Waals surface area contributed by atoms with Gasteiger partial charge in [-0.2, -0.15) is 0 Å². The van der Waals surface area contributed by atoms with Crippen molar-refractivity contribution in [1.82, 2.24) is 10.2 Å². The standard InChI is InChI=1S/C15H32N2O/c1-5-17-9-6-7-14(8-10-17)16-12-15(4,18)11-13(2)3/h13-14,16,18H,5-12H2,1-4H3. The maximum absolute atomic E-state index is 10.3. The van der Waals surface area contributed by atoms with E-state index in [1.165, 1.54) is 32.4 Å². The normalized spacial score (nSPS) is 26.0. The minimum atomic E-state index is -0.565. The van der Waals surface area contributed by atoms with Gasteiger partial charge in [0.05, 0.1) is 5.60 Å². The topological polar surface area (TPSA) is 35.5 Å².